The molecule has 0 aliphatic carbocycles. The molecule has 0 aromatic heterocycles. The molecule has 7 N–H and O–H groups in total. The lowest BCUT2D eigenvalue weighted by Gasteiger charge is -2.00. The van der Waals surface area contributed by atoms with Crippen LogP contribution in [-0.2, 0) is 14.4 Å². The highest BCUT2D eigenvalue weighted by Gasteiger charge is 2.07. The van der Waals surface area contributed by atoms with E-state index in [0.29, 0.717) is 6.42 Å². The molecule has 1 atom stereocenters. The van der Waals surface area contributed by atoms with Gasteiger partial charge in [0, 0.05) is 12.8 Å². The Morgan fingerprint density at radius 3 is 1.62 bits per heavy atom. The van der Waals surface area contributed by atoms with Crippen LogP contribution >= 0.6 is 0 Å². The van der Waals surface area contributed by atoms with Crippen LogP contribution in [0.4, 0.5) is 0 Å². The van der Waals surface area contributed by atoms with Gasteiger partial charge in [-0.2, -0.15) is 0 Å². The number of carbonyl (C=O) groups excluding carboxylic acids is 2. The van der Waals surface area contributed by atoms with E-state index >= 15 is 0 Å². The second-order valence-electron chi connectivity index (χ2n) is 3.17. The molecule has 0 unspecified atom stereocenters. The molecule has 0 bridgehead atoms. The average molecular weight is 233 g/mol. The Morgan fingerprint density at radius 2 is 1.50 bits per heavy atom. The van der Waals surface area contributed by atoms with E-state index in [0.717, 1.165) is 6.42 Å². The topological polar surface area (TPSA) is 150 Å². The van der Waals surface area contributed by atoms with E-state index in [2.05, 4.69) is 0 Å². The maximum Gasteiger partial charge on any atom is 0.320 e. The van der Waals surface area contributed by atoms with Crippen LogP contribution < -0.4 is 17.2 Å². The van der Waals surface area contributed by atoms with E-state index in [4.69, 9.17) is 22.3 Å². The van der Waals surface area contributed by atoms with Crippen LogP contribution in [0.2, 0.25) is 0 Å². The maximum atomic E-state index is 9.96. The number of nitrogens with two attached hydrogens (primary N) is 3. The fourth-order valence-corrected chi connectivity index (χ4v) is 0.681. The molecule has 0 aromatic rings. The second kappa shape index (κ2) is 9.91. The maximum absolute atomic E-state index is 9.96. The van der Waals surface area contributed by atoms with Gasteiger partial charge in [0.15, 0.2) is 0 Å². The van der Waals surface area contributed by atoms with E-state index < -0.39 is 23.8 Å². The van der Waals surface area contributed by atoms with Crippen LogP contribution in [0.3, 0.4) is 0 Å². The third kappa shape index (κ3) is 14.9. The Labute approximate surface area is 94.0 Å². The van der Waals surface area contributed by atoms with Crippen molar-refractivity contribution >= 4 is 17.8 Å². The number of hydrogen-bond acceptors (Lipinski definition) is 4. The predicted octanol–water partition coefficient (Wildman–Crippen LogP) is -1.06. The number of rotatable bonds is 6. The van der Waals surface area contributed by atoms with Crippen LogP contribution in [0.1, 0.15) is 32.6 Å². The van der Waals surface area contributed by atoms with Crippen molar-refractivity contribution in [3.8, 4) is 0 Å². The van der Waals surface area contributed by atoms with Crippen molar-refractivity contribution in [1.29, 1.82) is 0 Å². The van der Waals surface area contributed by atoms with Crippen LogP contribution in [0.5, 0.6) is 0 Å². The zero-order valence-electron chi connectivity index (χ0n) is 9.31. The van der Waals surface area contributed by atoms with Gasteiger partial charge in [0.25, 0.3) is 0 Å². The molecule has 0 aliphatic heterocycles. The van der Waals surface area contributed by atoms with Gasteiger partial charge in [-0.15, -0.1) is 0 Å². The number of amides is 2. The van der Waals surface area contributed by atoms with Crippen LogP contribution in [-0.4, -0.2) is 28.9 Å². The van der Waals surface area contributed by atoms with Gasteiger partial charge in [-0.3, -0.25) is 14.4 Å². The van der Waals surface area contributed by atoms with Crippen LogP contribution in [0.15, 0.2) is 0 Å². The van der Waals surface area contributed by atoms with Crippen molar-refractivity contribution in [2.24, 2.45) is 17.2 Å². The van der Waals surface area contributed by atoms with Crippen molar-refractivity contribution in [2.45, 2.75) is 38.6 Å². The molecule has 94 valence electrons. The number of carboxylic acids is 1. The summed E-state index contributed by atoms with van der Waals surface area (Å²) >= 11 is 0. The number of carboxylic acid groups (broad SMARTS) is 1. The van der Waals surface area contributed by atoms with Crippen molar-refractivity contribution in [3.05, 3.63) is 0 Å². The molecular weight excluding hydrogens is 214 g/mol. The molecule has 0 aliphatic rings. The summed E-state index contributed by atoms with van der Waals surface area (Å²) < 4.78 is 0. The highest BCUT2D eigenvalue weighted by molar-refractivity contribution is 5.81. The van der Waals surface area contributed by atoms with Gasteiger partial charge in [-0.05, 0) is 6.42 Å². The van der Waals surface area contributed by atoms with Gasteiger partial charge >= 0.3 is 5.97 Å². The molecule has 0 saturated carbocycles. The first-order valence-corrected chi connectivity index (χ1v) is 4.86. The van der Waals surface area contributed by atoms with E-state index in [1.807, 2.05) is 6.92 Å². The minimum Gasteiger partial charge on any atom is -0.480 e. The molecule has 0 fully saturated rings. The third-order valence-corrected chi connectivity index (χ3v) is 1.53. The zero-order valence-corrected chi connectivity index (χ0v) is 9.31. The fourth-order valence-electron chi connectivity index (χ4n) is 0.681. The SMILES string of the molecule is CCC[C@H](N)C(=O)O.NC(=O)CCC(N)=O. The first-order valence-electron chi connectivity index (χ1n) is 4.86. The van der Waals surface area contributed by atoms with Crippen molar-refractivity contribution < 1.29 is 19.5 Å². The molecule has 2 amide bonds. The Morgan fingerprint density at radius 1 is 1.12 bits per heavy atom. The molecule has 0 aromatic carbocycles. The Kier molecular flexibility index (Phi) is 10.4. The van der Waals surface area contributed by atoms with Crippen LogP contribution in [0, 0.1) is 0 Å². The predicted molar refractivity (Wildman–Crippen MR) is 58.1 cm³/mol. The van der Waals surface area contributed by atoms with Gasteiger partial charge in [-0.1, -0.05) is 13.3 Å². The number of carbonyl (C=O) groups is 3. The minimum absolute atomic E-state index is 0.0509. The highest BCUT2D eigenvalue weighted by atomic mass is 16.4. The molecule has 0 saturated heterocycles. The Balaban J connectivity index is 0. The molecule has 0 spiro atoms. The smallest absolute Gasteiger partial charge is 0.320 e. The van der Waals surface area contributed by atoms with Gasteiger partial charge in [0.1, 0.15) is 6.04 Å². The summed E-state index contributed by atoms with van der Waals surface area (Å²) in [4.78, 5) is 29.8. The van der Waals surface area contributed by atoms with E-state index in [9.17, 15) is 14.4 Å². The standard InChI is InChI=1S/C5H11NO2.C4H8N2O2/c1-2-3-4(6)5(7)8;5-3(7)1-2-4(6)8/h4H,2-3,6H2,1H3,(H,7,8);1-2H2,(H2,5,7)(H2,6,8)/t4-;/m0./s1. The number of hydrogen-bond donors (Lipinski definition) is 4. The number of primary amides is 2. The first-order chi connectivity index (χ1) is 7.31. The van der Waals surface area contributed by atoms with Gasteiger partial charge in [0.05, 0.1) is 0 Å². The summed E-state index contributed by atoms with van der Waals surface area (Å²) in [6.45, 7) is 1.91. The average Bonchev–Trinajstić information content (AvgIpc) is 2.16. The number of aliphatic carboxylic acids is 1. The Hall–Kier alpha value is -1.63. The summed E-state index contributed by atoms with van der Waals surface area (Å²) in [6.07, 6.45) is 1.49. The van der Waals surface area contributed by atoms with Crippen LogP contribution in [0.25, 0.3) is 0 Å². The molecular formula is C9H19N3O4. The lowest BCUT2D eigenvalue weighted by molar-refractivity contribution is -0.138. The van der Waals surface area contributed by atoms with E-state index in [-0.39, 0.29) is 12.8 Å². The molecule has 0 rings (SSSR count). The zero-order chi connectivity index (χ0) is 13.1. The summed E-state index contributed by atoms with van der Waals surface area (Å²) in [5.41, 5.74) is 14.5. The lowest BCUT2D eigenvalue weighted by atomic mass is 10.2. The quantitative estimate of drug-likeness (QED) is 0.461. The van der Waals surface area contributed by atoms with Gasteiger partial charge in [-0.25, -0.2) is 0 Å². The van der Waals surface area contributed by atoms with Crippen molar-refractivity contribution in [1.82, 2.24) is 0 Å². The van der Waals surface area contributed by atoms with Gasteiger partial charge < -0.3 is 22.3 Å². The summed E-state index contributed by atoms with van der Waals surface area (Å²) in [7, 11) is 0. The largest absolute Gasteiger partial charge is 0.480 e. The third-order valence-electron chi connectivity index (χ3n) is 1.53. The second-order valence-corrected chi connectivity index (χ2v) is 3.17. The minimum atomic E-state index is -0.910. The van der Waals surface area contributed by atoms with E-state index in [1.54, 1.807) is 0 Å². The molecule has 7 nitrogen and oxygen atoms in total. The fraction of sp³-hybridized carbons (Fsp3) is 0.667. The molecule has 16 heavy (non-hydrogen) atoms. The molecule has 0 radical (unpaired) electrons. The monoisotopic (exact) mass is 233 g/mol. The van der Waals surface area contributed by atoms with Gasteiger partial charge in [0.2, 0.25) is 11.8 Å². The van der Waals surface area contributed by atoms with E-state index in [1.165, 1.54) is 0 Å². The normalized spacial score (nSPS) is 10.9. The molecule has 0 heterocycles. The Bertz CT molecular complexity index is 229. The first kappa shape index (κ1) is 16.8. The lowest BCUT2D eigenvalue weighted by Crippen LogP contribution is -2.29. The van der Waals surface area contributed by atoms with Crippen molar-refractivity contribution in [2.75, 3.05) is 0 Å². The summed E-state index contributed by atoms with van der Waals surface area (Å²) in [5, 5.41) is 8.19. The van der Waals surface area contributed by atoms with Crippen molar-refractivity contribution in [3.63, 3.8) is 0 Å². The summed E-state index contributed by atoms with van der Waals surface area (Å²) in [5.74, 6) is -1.90. The highest BCUT2D eigenvalue weighted by Crippen LogP contribution is 1.91. The molecule has 7 heteroatoms. The summed E-state index contributed by atoms with van der Waals surface area (Å²) in [6, 6.07) is -0.667.